The van der Waals surface area contributed by atoms with Crippen molar-refractivity contribution < 1.29 is 23.2 Å². The Labute approximate surface area is 196 Å². The summed E-state index contributed by atoms with van der Waals surface area (Å²) in [6, 6.07) is 0. The highest BCUT2D eigenvalue weighted by Crippen LogP contribution is 2.41. The number of rotatable bonds is 8. The molecule has 2 atom stereocenters. The van der Waals surface area contributed by atoms with Gasteiger partial charge >= 0.3 is 0 Å². The summed E-state index contributed by atoms with van der Waals surface area (Å²) in [5, 5.41) is 2.47. The average Bonchev–Trinajstić information content (AvgIpc) is 2.58. The molecule has 0 radical (unpaired) electrons. The molecule has 6 nitrogen and oxygen atoms in total. The molecular weight excluding hydrogens is 438 g/mol. The topological polar surface area (TPSA) is 81.7 Å². The van der Waals surface area contributed by atoms with E-state index in [2.05, 4.69) is 73.0 Å². The van der Waals surface area contributed by atoms with Gasteiger partial charge in [-0.3, -0.25) is 14.4 Å². The highest BCUT2D eigenvalue weighted by molar-refractivity contribution is 6.74. The van der Waals surface area contributed by atoms with Crippen LogP contribution in [0.5, 0.6) is 0 Å². The number of amides is 1. The van der Waals surface area contributed by atoms with Crippen LogP contribution in [0.3, 0.4) is 0 Å². The van der Waals surface area contributed by atoms with Crippen molar-refractivity contribution in [2.75, 3.05) is 6.61 Å². The van der Waals surface area contributed by atoms with Gasteiger partial charge < -0.3 is 14.2 Å². The van der Waals surface area contributed by atoms with Gasteiger partial charge in [-0.2, -0.15) is 0 Å². The van der Waals surface area contributed by atoms with Crippen LogP contribution in [0.1, 0.15) is 55.4 Å². The quantitative estimate of drug-likeness (QED) is 0.384. The number of carbonyl (C=O) groups is 3. The lowest BCUT2D eigenvalue weighted by atomic mass is 9.89. The van der Waals surface area contributed by atoms with Crippen LogP contribution in [0.2, 0.25) is 36.3 Å². The van der Waals surface area contributed by atoms with Gasteiger partial charge in [-0.15, -0.1) is 0 Å². The molecule has 0 unspecified atom stereocenters. The lowest BCUT2D eigenvalue weighted by molar-refractivity contribution is -0.121. The molecule has 0 saturated carbocycles. The summed E-state index contributed by atoms with van der Waals surface area (Å²) < 4.78 is 13.2. The Hall–Kier alpha value is -1.36. The largest absolute Gasteiger partial charge is 0.416 e. The normalized spacial score (nSPS) is 18.1. The summed E-state index contributed by atoms with van der Waals surface area (Å²) in [6.45, 7) is 25.3. The zero-order chi connectivity index (χ0) is 25.3. The van der Waals surface area contributed by atoms with E-state index < -0.39 is 28.6 Å². The Morgan fingerprint density at radius 2 is 1.47 bits per heavy atom. The van der Waals surface area contributed by atoms with Gasteiger partial charge in [0.1, 0.15) is 0 Å². The minimum atomic E-state index is -2.29. The van der Waals surface area contributed by atoms with E-state index in [9.17, 15) is 14.4 Å². The van der Waals surface area contributed by atoms with Crippen LogP contribution in [-0.2, 0) is 23.2 Å². The van der Waals surface area contributed by atoms with Crippen LogP contribution in [0.25, 0.3) is 0 Å². The number of Topliss-reactive ketones (excluding diaryl/α,β-unsaturated/α-hetero) is 1. The fourth-order valence-corrected chi connectivity index (χ4v) is 5.20. The van der Waals surface area contributed by atoms with E-state index in [0.29, 0.717) is 6.61 Å². The number of nitrogens with one attached hydrogen (secondary N) is 1. The Kier molecular flexibility index (Phi) is 8.84. The van der Waals surface area contributed by atoms with Gasteiger partial charge in [-0.25, -0.2) is 0 Å². The average molecular weight is 482 g/mol. The summed E-state index contributed by atoms with van der Waals surface area (Å²) in [5.74, 6) is -1.25. The van der Waals surface area contributed by atoms with Crippen LogP contribution in [0.4, 0.5) is 0 Å². The van der Waals surface area contributed by atoms with Crippen LogP contribution in [0.15, 0.2) is 23.4 Å². The molecule has 0 aliphatic heterocycles. The molecule has 0 heterocycles. The molecule has 0 saturated heterocycles. The first kappa shape index (κ1) is 28.7. The first-order valence-electron chi connectivity index (χ1n) is 11.3. The van der Waals surface area contributed by atoms with Gasteiger partial charge in [0.25, 0.3) is 0 Å². The standard InChI is InChI=1S/C24H43NO5Si2/c1-16(15-29-31(9,10)23(3,4)5)22(30-32(11,12)24(6,7)8)19-13-18(27)14-20(21(19)28)25-17(2)26/h13-14,16,22H,15H2,1-12H3,(H,25,26)/t16-,22-/m1/s1. The van der Waals surface area contributed by atoms with Crippen molar-refractivity contribution in [3.05, 3.63) is 23.4 Å². The Morgan fingerprint density at radius 3 is 1.91 bits per heavy atom. The first-order chi connectivity index (χ1) is 14.2. The summed E-state index contributed by atoms with van der Waals surface area (Å²) >= 11 is 0. The molecule has 8 heteroatoms. The smallest absolute Gasteiger partial charge is 0.221 e. The number of carbonyl (C=O) groups excluding carboxylic acids is 3. The molecule has 1 aliphatic rings. The fourth-order valence-electron chi connectivity index (χ4n) is 2.74. The summed E-state index contributed by atoms with van der Waals surface area (Å²) in [7, 11) is -4.30. The summed E-state index contributed by atoms with van der Waals surface area (Å²) in [6.07, 6.45) is 1.93. The highest BCUT2D eigenvalue weighted by Gasteiger charge is 2.44. The second-order valence-corrected chi connectivity index (χ2v) is 21.5. The maximum absolute atomic E-state index is 13.2. The Balaban J connectivity index is 3.34. The van der Waals surface area contributed by atoms with Crippen molar-refractivity contribution in [2.24, 2.45) is 5.92 Å². The van der Waals surface area contributed by atoms with Gasteiger partial charge in [0.05, 0.1) is 11.8 Å². The molecule has 1 amide bonds. The third kappa shape index (κ3) is 7.07. The van der Waals surface area contributed by atoms with Crippen molar-refractivity contribution in [3.8, 4) is 0 Å². The summed E-state index contributed by atoms with van der Waals surface area (Å²) in [4.78, 5) is 37.2. The highest BCUT2D eigenvalue weighted by atomic mass is 28.4. The van der Waals surface area contributed by atoms with Crippen molar-refractivity contribution in [2.45, 2.75) is 97.8 Å². The lowest BCUT2D eigenvalue weighted by Gasteiger charge is -2.43. The van der Waals surface area contributed by atoms with Gasteiger partial charge in [0.15, 0.2) is 22.4 Å². The minimum Gasteiger partial charge on any atom is -0.416 e. The fraction of sp³-hybridized carbons (Fsp3) is 0.708. The van der Waals surface area contributed by atoms with Gasteiger partial charge in [-0.05, 0) is 42.3 Å². The predicted octanol–water partition coefficient (Wildman–Crippen LogP) is 5.13. The first-order valence-corrected chi connectivity index (χ1v) is 17.1. The minimum absolute atomic E-state index is 0.00125. The molecule has 0 aromatic heterocycles. The van der Waals surface area contributed by atoms with E-state index >= 15 is 0 Å². The van der Waals surface area contributed by atoms with Gasteiger partial charge in [0, 0.05) is 31.1 Å². The van der Waals surface area contributed by atoms with E-state index in [1.54, 1.807) is 0 Å². The summed E-state index contributed by atoms with van der Waals surface area (Å²) in [5.41, 5.74) is 0.291. The molecule has 0 spiro atoms. The molecular formula is C24H43NO5Si2. The van der Waals surface area contributed by atoms with Crippen molar-refractivity contribution >= 4 is 34.1 Å². The van der Waals surface area contributed by atoms with E-state index in [4.69, 9.17) is 8.85 Å². The van der Waals surface area contributed by atoms with E-state index in [1.165, 1.54) is 19.1 Å². The molecule has 1 aliphatic carbocycles. The predicted molar refractivity (Wildman–Crippen MR) is 134 cm³/mol. The number of allylic oxidation sites excluding steroid dienone is 3. The lowest BCUT2D eigenvalue weighted by Crippen LogP contribution is -2.49. The molecule has 1 rings (SSSR count). The van der Waals surface area contributed by atoms with E-state index in [0.717, 1.165) is 0 Å². The molecule has 32 heavy (non-hydrogen) atoms. The van der Waals surface area contributed by atoms with Crippen molar-refractivity contribution in [1.82, 2.24) is 5.32 Å². The van der Waals surface area contributed by atoms with Crippen LogP contribution >= 0.6 is 0 Å². The maximum atomic E-state index is 13.2. The third-order valence-corrected chi connectivity index (χ3v) is 15.9. The van der Waals surface area contributed by atoms with Gasteiger partial charge in [0.2, 0.25) is 11.7 Å². The number of hydrogen-bond acceptors (Lipinski definition) is 5. The van der Waals surface area contributed by atoms with Crippen LogP contribution in [0, 0.1) is 5.92 Å². The van der Waals surface area contributed by atoms with Gasteiger partial charge in [-0.1, -0.05) is 48.5 Å². The Morgan fingerprint density at radius 1 is 0.969 bits per heavy atom. The zero-order valence-electron chi connectivity index (χ0n) is 22.1. The SMILES string of the molecule is CC(=O)NC1=CC(=O)C=C([C@H](O[Si](C)(C)C(C)(C)C)[C@H](C)CO[Si](C)(C)C(C)(C)C)C1=O. The second-order valence-electron chi connectivity index (χ2n) is 11.9. The van der Waals surface area contributed by atoms with Crippen LogP contribution in [-0.4, -0.2) is 46.8 Å². The molecule has 1 N–H and O–H groups in total. The molecule has 182 valence electrons. The number of hydrogen-bond donors (Lipinski definition) is 1. The van der Waals surface area contributed by atoms with Crippen molar-refractivity contribution in [3.63, 3.8) is 0 Å². The molecule has 0 fully saturated rings. The van der Waals surface area contributed by atoms with Crippen LogP contribution < -0.4 is 5.32 Å². The number of ketones is 2. The molecule has 0 aromatic carbocycles. The maximum Gasteiger partial charge on any atom is 0.221 e. The molecule has 0 bridgehead atoms. The van der Waals surface area contributed by atoms with Crippen molar-refractivity contribution in [1.29, 1.82) is 0 Å². The van der Waals surface area contributed by atoms with E-state index in [-0.39, 0.29) is 38.8 Å². The zero-order valence-corrected chi connectivity index (χ0v) is 24.1. The second kappa shape index (κ2) is 9.87. The monoisotopic (exact) mass is 481 g/mol. The third-order valence-electron chi connectivity index (χ3n) is 6.97. The molecule has 0 aromatic rings. The Bertz CT molecular complexity index is 813. The van der Waals surface area contributed by atoms with E-state index in [1.807, 2.05) is 6.92 Å².